The smallest absolute Gasteiger partial charge is 0.449 e. The van der Waals surface area contributed by atoms with Crippen molar-refractivity contribution >= 4 is 17.1 Å². The molecule has 116 valence electrons. The number of hydrogen-bond acceptors (Lipinski definition) is 3. The van der Waals surface area contributed by atoms with E-state index in [1.54, 1.807) is 0 Å². The van der Waals surface area contributed by atoms with Crippen molar-refractivity contribution in [3.63, 3.8) is 0 Å². The van der Waals surface area contributed by atoms with Crippen LogP contribution in [-0.2, 0) is 0 Å². The summed E-state index contributed by atoms with van der Waals surface area (Å²) in [7, 11) is 0. The summed E-state index contributed by atoms with van der Waals surface area (Å²) >= 11 is 0. The van der Waals surface area contributed by atoms with Crippen molar-refractivity contribution < 1.29 is 27.8 Å². The van der Waals surface area contributed by atoms with E-state index in [1.807, 2.05) is 0 Å². The van der Waals surface area contributed by atoms with Crippen molar-refractivity contribution in [2.24, 2.45) is 0 Å². The first-order valence-corrected chi connectivity index (χ1v) is 6.39. The van der Waals surface area contributed by atoms with Crippen LogP contribution in [0, 0.1) is 18.6 Å². The van der Waals surface area contributed by atoms with Gasteiger partial charge in [0.1, 0.15) is 6.17 Å². The number of nitrogens with zero attached hydrogens (tertiary/aromatic N) is 1. The maximum atomic E-state index is 13.8. The number of pyridine rings is 1. The van der Waals surface area contributed by atoms with Crippen LogP contribution in [0.3, 0.4) is 0 Å². The molecule has 1 aliphatic rings. The molecule has 0 saturated heterocycles. The molecule has 0 spiro atoms. The van der Waals surface area contributed by atoms with E-state index < -0.39 is 41.2 Å². The normalized spacial score (nSPS) is 20.2. The third-order valence-electron chi connectivity index (χ3n) is 3.64. The van der Waals surface area contributed by atoms with Gasteiger partial charge < -0.3 is 14.4 Å². The van der Waals surface area contributed by atoms with Gasteiger partial charge in [0.15, 0.2) is 17.4 Å². The van der Waals surface area contributed by atoms with Gasteiger partial charge in [0, 0.05) is 12.0 Å². The molecule has 22 heavy (non-hydrogen) atoms. The lowest BCUT2D eigenvalue weighted by Gasteiger charge is -2.14. The average Bonchev–Trinajstić information content (AvgIpc) is 3.16. The van der Waals surface area contributed by atoms with Gasteiger partial charge in [-0.1, -0.05) is 0 Å². The van der Waals surface area contributed by atoms with Gasteiger partial charge in [-0.15, -0.1) is 0 Å². The first-order chi connectivity index (χ1) is 10.3. The molecule has 0 bridgehead atoms. The summed E-state index contributed by atoms with van der Waals surface area (Å²) in [6.07, 6.45) is -1.76. The molecular weight excluding hydrogens is 303 g/mol. The summed E-state index contributed by atoms with van der Waals surface area (Å²) in [6, 6.07) is 0.00342. The van der Waals surface area contributed by atoms with Crippen LogP contribution in [0.2, 0.25) is 0 Å². The average molecular weight is 313 g/mol. The molecular formula is C14H10F3NO4. The second kappa shape index (κ2) is 4.75. The summed E-state index contributed by atoms with van der Waals surface area (Å²) < 4.78 is 46.3. The highest BCUT2D eigenvalue weighted by Gasteiger charge is 2.40. The third kappa shape index (κ3) is 2.11. The number of benzene rings is 1. The van der Waals surface area contributed by atoms with Crippen LogP contribution >= 0.6 is 0 Å². The maximum absolute atomic E-state index is 13.8. The largest absolute Gasteiger partial charge is 0.511 e. The van der Waals surface area contributed by atoms with Gasteiger partial charge in [-0.2, -0.15) is 0 Å². The van der Waals surface area contributed by atoms with Crippen molar-refractivity contribution in [2.75, 3.05) is 0 Å². The number of aromatic nitrogens is 1. The Labute approximate surface area is 121 Å². The minimum absolute atomic E-state index is 0.0341. The Kier molecular flexibility index (Phi) is 3.12. The zero-order valence-electron chi connectivity index (χ0n) is 11.3. The lowest BCUT2D eigenvalue weighted by Crippen LogP contribution is -2.17. The van der Waals surface area contributed by atoms with Crippen LogP contribution in [0.5, 0.6) is 5.75 Å². The highest BCUT2D eigenvalue weighted by Crippen LogP contribution is 2.41. The monoisotopic (exact) mass is 313 g/mol. The Morgan fingerprint density at radius 1 is 1.45 bits per heavy atom. The molecule has 0 radical (unpaired) electrons. The van der Waals surface area contributed by atoms with Crippen LogP contribution in [0.25, 0.3) is 10.9 Å². The fraction of sp³-hybridized carbons (Fsp3) is 0.286. The Bertz CT molecular complexity index is 862. The lowest BCUT2D eigenvalue weighted by molar-refractivity contribution is 0.143. The molecule has 1 N–H and O–H groups in total. The van der Waals surface area contributed by atoms with E-state index in [1.165, 1.54) is 11.5 Å². The Morgan fingerprint density at radius 2 is 2.09 bits per heavy atom. The maximum Gasteiger partial charge on any atom is 0.511 e. The number of alkyl halides is 1. The number of aryl methyl sites for hydroxylation is 1. The molecule has 0 aliphatic heterocycles. The number of fused-ring (bicyclic) bond motifs is 1. The van der Waals surface area contributed by atoms with Crippen molar-refractivity contribution in [2.45, 2.75) is 25.6 Å². The predicted octanol–water partition coefficient (Wildman–Crippen LogP) is 2.93. The molecule has 0 amide bonds. The molecule has 8 heteroatoms. The molecule has 2 atom stereocenters. The van der Waals surface area contributed by atoms with Crippen molar-refractivity contribution in [3.8, 4) is 5.75 Å². The lowest BCUT2D eigenvalue weighted by atomic mass is 10.1. The van der Waals surface area contributed by atoms with E-state index in [9.17, 15) is 22.8 Å². The van der Waals surface area contributed by atoms with Crippen molar-refractivity contribution in [1.82, 2.24) is 4.57 Å². The van der Waals surface area contributed by atoms with Gasteiger partial charge in [0.05, 0.1) is 23.1 Å². The third-order valence-corrected chi connectivity index (χ3v) is 3.64. The van der Waals surface area contributed by atoms with E-state index in [0.29, 0.717) is 6.07 Å². The standard InChI is InChI=1S/C14H10F3NO4/c1-5-11(17)8(16)2-6-12(5)18(9-3-7(9)15)4-10(13(6)19)22-14(20)21/h2,4,7,9H,3H2,1H3,(H,20,21)/t7-,9-/m1/s1. The SMILES string of the molecule is Cc1c(F)c(F)cc2c(=O)c(OC(=O)O)cn([C@@H]3C[C@H]3F)c12. The second-order valence-electron chi connectivity index (χ2n) is 5.11. The number of rotatable bonds is 2. The molecule has 1 aromatic carbocycles. The minimum atomic E-state index is -1.73. The van der Waals surface area contributed by atoms with Crippen LogP contribution in [0.1, 0.15) is 18.0 Å². The molecule has 1 aromatic heterocycles. The zero-order valence-corrected chi connectivity index (χ0v) is 11.3. The number of ether oxygens (including phenoxy) is 1. The molecule has 1 aliphatic carbocycles. The fourth-order valence-corrected chi connectivity index (χ4v) is 2.50. The van der Waals surface area contributed by atoms with Gasteiger partial charge in [-0.05, 0) is 13.0 Å². The van der Waals surface area contributed by atoms with Gasteiger partial charge in [-0.3, -0.25) is 4.79 Å². The van der Waals surface area contributed by atoms with Gasteiger partial charge >= 0.3 is 6.16 Å². The Balaban J connectivity index is 2.39. The zero-order chi connectivity index (χ0) is 16.2. The molecule has 1 fully saturated rings. The predicted molar refractivity (Wildman–Crippen MR) is 70.1 cm³/mol. The van der Waals surface area contributed by atoms with Crippen LogP contribution in [0.4, 0.5) is 18.0 Å². The van der Waals surface area contributed by atoms with Crippen molar-refractivity contribution in [1.29, 1.82) is 0 Å². The number of hydrogen-bond donors (Lipinski definition) is 1. The van der Waals surface area contributed by atoms with Gasteiger partial charge in [0.2, 0.25) is 5.43 Å². The fourth-order valence-electron chi connectivity index (χ4n) is 2.50. The minimum Gasteiger partial charge on any atom is -0.449 e. The summed E-state index contributed by atoms with van der Waals surface area (Å²) in [5.74, 6) is -2.96. The van der Waals surface area contributed by atoms with Gasteiger partial charge in [0.25, 0.3) is 0 Å². The Morgan fingerprint density at radius 3 is 2.64 bits per heavy atom. The number of halogens is 3. The van der Waals surface area contributed by atoms with Gasteiger partial charge in [-0.25, -0.2) is 18.0 Å². The van der Waals surface area contributed by atoms with E-state index in [4.69, 9.17) is 5.11 Å². The van der Waals surface area contributed by atoms with Crippen LogP contribution in [0.15, 0.2) is 17.1 Å². The number of carbonyl (C=O) groups is 1. The van der Waals surface area contributed by atoms with E-state index in [-0.39, 0.29) is 22.9 Å². The Hall–Kier alpha value is -2.51. The van der Waals surface area contributed by atoms with E-state index in [2.05, 4.69) is 4.74 Å². The number of carboxylic acid groups (broad SMARTS) is 1. The van der Waals surface area contributed by atoms with E-state index in [0.717, 1.165) is 6.20 Å². The molecule has 1 saturated carbocycles. The summed E-state index contributed by atoms with van der Waals surface area (Å²) in [5.41, 5.74) is -1.01. The topological polar surface area (TPSA) is 68.5 Å². The molecule has 3 rings (SSSR count). The summed E-state index contributed by atoms with van der Waals surface area (Å²) in [5, 5.41) is 8.38. The van der Waals surface area contributed by atoms with Crippen LogP contribution < -0.4 is 10.2 Å². The molecule has 5 nitrogen and oxygen atoms in total. The summed E-state index contributed by atoms with van der Waals surface area (Å²) in [6.45, 7) is 1.27. The first kappa shape index (κ1) is 14.4. The highest BCUT2D eigenvalue weighted by molar-refractivity contribution is 5.84. The second-order valence-corrected chi connectivity index (χ2v) is 5.11. The molecule has 0 unspecified atom stereocenters. The van der Waals surface area contributed by atoms with E-state index >= 15 is 0 Å². The highest BCUT2D eigenvalue weighted by atomic mass is 19.2. The molecule has 2 aromatic rings. The van der Waals surface area contributed by atoms with Crippen LogP contribution in [-0.4, -0.2) is 22.0 Å². The summed E-state index contributed by atoms with van der Waals surface area (Å²) in [4.78, 5) is 22.8. The first-order valence-electron chi connectivity index (χ1n) is 6.39. The molecule has 1 heterocycles. The quantitative estimate of drug-likeness (QED) is 0.866. The van der Waals surface area contributed by atoms with Crippen molar-refractivity contribution in [3.05, 3.63) is 39.7 Å².